The summed E-state index contributed by atoms with van der Waals surface area (Å²) < 4.78 is 2.44. The summed E-state index contributed by atoms with van der Waals surface area (Å²) in [5, 5.41) is 0. The fraction of sp³-hybridized carbons (Fsp3) is 0.250. The summed E-state index contributed by atoms with van der Waals surface area (Å²) in [6.45, 7) is 1.32. The molecule has 122 valence electrons. The molecule has 3 aromatic rings. The topological polar surface area (TPSA) is 88.3 Å². The highest BCUT2D eigenvalue weighted by molar-refractivity contribution is 6.10. The molecule has 2 aromatic heterocycles. The maximum Gasteiger partial charge on any atom is 0.332 e. The molecule has 1 aliphatic rings. The molecule has 0 saturated heterocycles. The first-order valence-corrected chi connectivity index (χ1v) is 7.61. The van der Waals surface area contributed by atoms with Crippen LogP contribution in [0.25, 0.3) is 11.2 Å². The van der Waals surface area contributed by atoms with Gasteiger partial charge in [0.15, 0.2) is 11.2 Å². The third kappa shape index (κ3) is 1.99. The lowest BCUT2D eigenvalue weighted by atomic mass is 10.2. The largest absolute Gasteiger partial charge is 0.332 e. The third-order valence-corrected chi connectivity index (χ3v) is 4.21. The van der Waals surface area contributed by atoms with Gasteiger partial charge in [-0.3, -0.25) is 23.8 Å². The maximum atomic E-state index is 12.3. The van der Waals surface area contributed by atoms with Crippen molar-refractivity contribution in [1.29, 1.82) is 0 Å². The molecule has 0 unspecified atom stereocenters. The lowest BCUT2D eigenvalue weighted by molar-refractivity contribution is 0.709. The number of fused-ring (bicyclic) bond motifs is 1. The predicted octanol–water partition coefficient (Wildman–Crippen LogP) is 0.227. The zero-order valence-corrected chi connectivity index (χ0v) is 13.4. The third-order valence-electron chi connectivity index (χ3n) is 4.21. The Morgan fingerprint density at radius 3 is 2.58 bits per heavy atom. The Kier molecular flexibility index (Phi) is 3.12. The highest BCUT2D eigenvalue weighted by atomic mass is 16.2. The van der Waals surface area contributed by atoms with E-state index in [1.54, 1.807) is 7.05 Å². The number of aromatic nitrogens is 4. The smallest absolute Gasteiger partial charge is 0.318 e. The number of aromatic amines is 1. The monoisotopic (exact) mass is 324 g/mol. The highest BCUT2D eigenvalue weighted by Crippen LogP contribution is 2.19. The minimum absolute atomic E-state index is 0.314. The van der Waals surface area contributed by atoms with Gasteiger partial charge in [-0.05, 0) is 0 Å². The van der Waals surface area contributed by atoms with Crippen molar-refractivity contribution in [3.8, 4) is 0 Å². The van der Waals surface area contributed by atoms with Crippen LogP contribution in [0.4, 0.5) is 5.95 Å². The molecule has 0 aliphatic carbocycles. The molecule has 1 aliphatic heterocycles. The molecule has 0 saturated carbocycles. The summed E-state index contributed by atoms with van der Waals surface area (Å²) >= 11 is 0. The van der Waals surface area contributed by atoms with Gasteiger partial charge in [-0.15, -0.1) is 0 Å². The van der Waals surface area contributed by atoms with E-state index < -0.39 is 5.69 Å². The Bertz CT molecular complexity index is 1070. The first-order valence-electron chi connectivity index (χ1n) is 7.61. The van der Waals surface area contributed by atoms with Crippen LogP contribution in [-0.4, -0.2) is 38.0 Å². The minimum Gasteiger partial charge on any atom is -0.318 e. The van der Waals surface area contributed by atoms with Crippen molar-refractivity contribution in [2.45, 2.75) is 0 Å². The Labute approximate surface area is 136 Å². The summed E-state index contributed by atoms with van der Waals surface area (Å²) in [6, 6.07) is 9.81. The number of benzene rings is 1. The van der Waals surface area contributed by atoms with Gasteiger partial charge in [0.05, 0.1) is 6.54 Å². The number of aliphatic imine (C=N–C) groups is 1. The summed E-state index contributed by atoms with van der Waals surface area (Å²) in [4.78, 5) is 38.4. The summed E-state index contributed by atoms with van der Waals surface area (Å²) in [5.74, 6) is 1.32. The number of amidine groups is 1. The van der Waals surface area contributed by atoms with Crippen LogP contribution in [0.15, 0.2) is 44.9 Å². The van der Waals surface area contributed by atoms with E-state index in [1.165, 1.54) is 11.6 Å². The van der Waals surface area contributed by atoms with E-state index in [0.29, 0.717) is 30.2 Å². The molecule has 1 aromatic carbocycles. The van der Waals surface area contributed by atoms with Gasteiger partial charge in [-0.1, -0.05) is 30.3 Å². The molecule has 0 bridgehead atoms. The zero-order valence-electron chi connectivity index (χ0n) is 13.4. The maximum absolute atomic E-state index is 12.3. The van der Waals surface area contributed by atoms with Crippen molar-refractivity contribution < 1.29 is 0 Å². The van der Waals surface area contributed by atoms with E-state index in [1.807, 2.05) is 35.2 Å². The van der Waals surface area contributed by atoms with Crippen LogP contribution < -0.4 is 16.1 Å². The second-order valence-corrected chi connectivity index (χ2v) is 5.69. The van der Waals surface area contributed by atoms with Crippen molar-refractivity contribution in [2.75, 3.05) is 18.0 Å². The Morgan fingerprint density at radius 2 is 1.83 bits per heavy atom. The molecule has 0 radical (unpaired) electrons. The first kappa shape index (κ1) is 14.4. The number of imidazole rings is 1. The highest BCUT2D eigenvalue weighted by Gasteiger charge is 2.24. The number of nitrogens with zero attached hydrogens (tertiary/aromatic N) is 5. The van der Waals surface area contributed by atoms with Crippen LogP contribution in [-0.2, 0) is 14.1 Å². The number of nitrogens with one attached hydrogen (secondary N) is 1. The molecule has 0 spiro atoms. The fourth-order valence-electron chi connectivity index (χ4n) is 2.93. The summed E-state index contributed by atoms with van der Waals surface area (Å²) in [7, 11) is 3.06. The van der Waals surface area contributed by atoms with E-state index in [0.717, 1.165) is 16.0 Å². The standard InChI is InChI=1S/C16H16N6O2/c1-20-13-11(14(23)21(2)16(20)24)18-15(19-13)22-9-8-17-12(22)10-6-4-3-5-7-10/h3-7H,8-9H2,1-2H3,(H,18,19). The molecule has 24 heavy (non-hydrogen) atoms. The van der Waals surface area contributed by atoms with E-state index in [9.17, 15) is 9.59 Å². The number of hydrogen-bond donors (Lipinski definition) is 1. The van der Waals surface area contributed by atoms with E-state index in [2.05, 4.69) is 15.0 Å². The molecule has 0 amide bonds. The van der Waals surface area contributed by atoms with E-state index in [4.69, 9.17) is 0 Å². The Balaban J connectivity index is 1.87. The van der Waals surface area contributed by atoms with Crippen LogP contribution in [0, 0.1) is 0 Å². The number of anilines is 1. The summed E-state index contributed by atoms with van der Waals surface area (Å²) in [6.07, 6.45) is 0. The minimum atomic E-state index is -0.399. The molecule has 8 heteroatoms. The van der Waals surface area contributed by atoms with E-state index >= 15 is 0 Å². The zero-order chi connectivity index (χ0) is 16.8. The van der Waals surface area contributed by atoms with Crippen LogP contribution in [0.2, 0.25) is 0 Å². The Hall–Kier alpha value is -3.16. The van der Waals surface area contributed by atoms with Crippen LogP contribution >= 0.6 is 0 Å². The molecule has 8 nitrogen and oxygen atoms in total. The van der Waals surface area contributed by atoms with Crippen LogP contribution in [0.3, 0.4) is 0 Å². The lowest BCUT2D eigenvalue weighted by Crippen LogP contribution is -2.36. The predicted molar refractivity (Wildman–Crippen MR) is 91.8 cm³/mol. The molecule has 1 N–H and O–H groups in total. The molecular weight excluding hydrogens is 308 g/mol. The van der Waals surface area contributed by atoms with Crippen LogP contribution in [0.1, 0.15) is 5.56 Å². The van der Waals surface area contributed by atoms with Gasteiger partial charge >= 0.3 is 5.69 Å². The van der Waals surface area contributed by atoms with Gasteiger partial charge in [0.1, 0.15) is 5.84 Å². The second-order valence-electron chi connectivity index (χ2n) is 5.69. The number of hydrogen-bond acceptors (Lipinski definition) is 5. The number of rotatable bonds is 2. The molecule has 3 heterocycles. The fourth-order valence-corrected chi connectivity index (χ4v) is 2.93. The normalized spacial score (nSPS) is 14.4. The molecule has 4 rings (SSSR count). The van der Waals surface area contributed by atoms with Crippen molar-refractivity contribution in [3.63, 3.8) is 0 Å². The molecule has 0 atom stereocenters. The Morgan fingerprint density at radius 1 is 1.08 bits per heavy atom. The second kappa shape index (κ2) is 5.19. The van der Waals surface area contributed by atoms with E-state index in [-0.39, 0.29) is 5.56 Å². The van der Waals surface area contributed by atoms with Crippen molar-refractivity contribution in [3.05, 3.63) is 56.7 Å². The first-order chi connectivity index (χ1) is 11.6. The average molecular weight is 324 g/mol. The van der Waals surface area contributed by atoms with Gasteiger partial charge in [0.2, 0.25) is 5.95 Å². The van der Waals surface area contributed by atoms with Crippen molar-refractivity contribution >= 4 is 22.9 Å². The van der Waals surface area contributed by atoms with Crippen LogP contribution in [0.5, 0.6) is 0 Å². The molecule has 0 fully saturated rings. The van der Waals surface area contributed by atoms with Gasteiger partial charge in [0, 0.05) is 26.2 Å². The number of aryl methyl sites for hydroxylation is 1. The number of H-pyrrole nitrogens is 1. The molecular formula is C16H16N6O2. The van der Waals surface area contributed by atoms with Gasteiger partial charge < -0.3 is 4.98 Å². The van der Waals surface area contributed by atoms with Gasteiger partial charge in [-0.25, -0.2) is 4.79 Å². The summed E-state index contributed by atoms with van der Waals surface area (Å²) in [5.41, 5.74) is 0.858. The lowest BCUT2D eigenvalue weighted by Gasteiger charge is -2.16. The van der Waals surface area contributed by atoms with Crippen molar-refractivity contribution in [2.24, 2.45) is 19.1 Å². The SMILES string of the molecule is Cn1c(=O)c2[nH]c(N3CCN=C3c3ccccc3)nc2n(C)c1=O. The quantitative estimate of drug-likeness (QED) is 0.731. The van der Waals surface area contributed by atoms with Gasteiger partial charge in [0.25, 0.3) is 5.56 Å². The van der Waals surface area contributed by atoms with Crippen molar-refractivity contribution in [1.82, 2.24) is 19.1 Å². The van der Waals surface area contributed by atoms with Gasteiger partial charge in [-0.2, -0.15) is 4.98 Å². The average Bonchev–Trinajstić information content (AvgIpc) is 3.25.